The molecule has 0 radical (unpaired) electrons. The summed E-state index contributed by atoms with van der Waals surface area (Å²) in [5.74, 6) is 1.57. The molecule has 0 saturated heterocycles. The minimum Gasteiger partial charge on any atom is -0.497 e. The van der Waals surface area contributed by atoms with E-state index >= 15 is 0 Å². The minimum absolute atomic E-state index is 0.0129. The molecule has 0 saturated carbocycles. The molecular formula is C23H18BrN3O5S. The van der Waals surface area contributed by atoms with Crippen LogP contribution in [0.1, 0.15) is 5.76 Å². The third-order valence-corrected chi connectivity index (χ3v) is 5.88. The van der Waals surface area contributed by atoms with E-state index in [-0.39, 0.29) is 10.1 Å². The van der Waals surface area contributed by atoms with Crippen LogP contribution in [0.5, 0.6) is 11.5 Å². The molecule has 0 fully saturated rings. The second-order valence-corrected chi connectivity index (χ2v) is 8.62. The number of methoxy groups -OCH3 is 2. The Morgan fingerprint density at radius 3 is 2.52 bits per heavy atom. The summed E-state index contributed by atoms with van der Waals surface area (Å²) in [5.41, 5.74) is 1.57. The van der Waals surface area contributed by atoms with Crippen LogP contribution in [0.2, 0.25) is 0 Å². The van der Waals surface area contributed by atoms with Gasteiger partial charge in [-0.1, -0.05) is 28.1 Å². The third-order valence-electron chi connectivity index (χ3n) is 4.51. The number of furan rings is 1. The van der Waals surface area contributed by atoms with E-state index in [1.54, 1.807) is 44.6 Å². The molecule has 2 aromatic heterocycles. The van der Waals surface area contributed by atoms with Gasteiger partial charge in [-0.2, -0.15) is 0 Å². The number of ether oxygens (including phenoxy) is 2. The molecular weight excluding hydrogens is 510 g/mol. The molecule has 4 aromatic rings. The maximum atomic E-state index is 11.8. The van der Waals surface area contributed by atoms with Crippen molar-refractivity contribution in [1.29, 1.82) is 0 Å². The van der Waals surface area contributed by atoms with Crippen molar-refractivity contribution in [3.63, 3.8) is 0 Å². The minimum atomic E-state index is -1.12. The molecule has 33 heavy (non-hydrogen) atoms. The number of halogens is 1. The molecule has 0 unspecified atom stereocenters. The Balaban J connectivity index is 1.57. The van der Waals surface area contributed by atoms with Gasteiger partial charge in [-0.3, -0.25) is 5.10 Å². The van der Waals surface area contributed by atoms with Gasteiger partial charge in [-0.25, -0.2) is 9.78 Å². The lowest BCUT2D eigenvalue weighted by Crippen LogP contribution is -1.97. The smallest absolute Gasteiger partial charge is 0.342 e. The average Bonchev–Trinajstić information content (AvgIpc) is 3.48. The topological polar surface area (TPSA) is 110 Å². The first-order valence-electron chi connectivity index (χ1n) is 9.59. The molecule has 8 nitrogen and oxygen atoms in total. The Bertz CT molecular complexity index is 1310. The lowest BCUT2D eigenvalue weighted by atomic mass is 10.2. The number of carboxylic acids is 1. The highest BCUT2D eigenvalue weighted by Gasteiger charge is 2.16. The number of benzene rings is 2. The maximum Gasteiger partial charge on any atom is 0.342 e. The molecule has 0 spiro atoms. The molecule has 0 aliphatic rings. The number of thioether (sulfide) groups is 1. The van der Waals surface area contributed by atoms with Crippen molar-refractivity contribution in [2.75, 3.05) is 14.2 Å². The summed E-state index contributed by atoms with van der Waals surface area (Å²) in [7, 11) is 3.11. The SMILES string of the molecule is COc1cc(OC)cc(-c2nc(S/C(=C\c3ccc(-c4cccc(Br)c4)o3)C(=O)O)n[nH]2)c1. The standard InChI is InChI=1S/C23H18BrN3O5S/c1-30-17-9-14(10-18(11-17)31-2)21-25-23(27-26-21)33-20(22(28)29)12-16-6-7-19(32-16)13-4-3-5-15(24)8-13/h3-12H,1-2H3,(H,28,29)(H,25,26,27)/b20-12-. The molecule has 168 valence electrons. The van der Waals surface area contributed by atoms with E-state index in [0.717, 1.165) is 21.8 Å². The maximum absolute atomic E-state index is 11.8. The van der Waals surface area contributed by atoms with Crippen molar-refractivity contribution in [2.24, 2.45) is 0 Å². The molecule has 0 aliphatic heterocycles. The first-order valence-corrected chi connectivity index (χ1v) is 11.2. The molecule has 2 aromatic carbocycles. The second-order valence-electron chi connectivity index (χ2n) is 6.70. The first-order chi connectivity index (χ1) is 15.9. The summed E-state index contributed by atoms with van der Waals surface area (Å²) in [6.45, 7) is 0. The average molecular weight is 528 g/mol. The van der Waals surface area contributed by atoms with E-state index in [2.05, 4.69) is 31.1 Å². The van der Waals surface area contributed by atoms with E-state index < -0.39 is 5.97 Å². The van der Waals surface area contributed by atoms with Gasteiger partial charge in [0.25, 0.3) is 0 Å². The van der Waals surface area contributed by atoms with Crippen molar-refractivity contribution in [3.8, 4) is 34.2 Å². The summed E-state index contributed by atoms with van der Waals surface area (Å²) >= 11 is 4.34. The van der Waals surface area contributed by atoms with E-state index in [4.69, 9.17) is 13.9 Å². The Hall–Kier alpha value is -3.50. The number of hydrogen-bond acceptors (Lipinski definition) is 7. The monoisotopic (exact) mass is 527 g/mol. The fourth-order valence-corrected chi connectivity index (χ4v) is 4.04. The Morgan fingerprint density at radius 2 is 1.85 bits per heavy atom. The number of H-pyrrole nitrogens is 1. The van der Waals surface area contributed by atoms with Gasteiger partial charge in [0.05, 0.1) is 14.2 Å². The van der Waals surface area contributed by atoms with Crippen molar-refractivity contribution in [2.45, 2.75) is 5.16 Å². The summed E-state index contributed by atoms with van der Waals surface area (Å²) in [4.78, 5) is 16.3. The van der Waals surface area contributed by atoms with Crippen LogP contribution in [0.15, 0.2) is 73.5 Å². The number of hydrogen-bond donors (Lipinski definition) is 2. The second kappa shape index (κ2) is 9.97. The van der Waals surface area contributed by atoms with Gasteiger partial charge in [-0.05, 0) is 48.2 Å². The van der Waals surface area contributed by atoms with Crippen molar-refractivity contribution < 1.29 is 23.8 Å². The highest BCUT2D eigenvalue weighted by atomic mass is 79.9. The zero-order valence-electron chi connectivity index (χ0n) is 17.5. The van der Waals surface area contributed by atoms with E-state index in [9.17, 15) is 9.90 Å². The van der Waals surface area contributed by atoms with Gasteiger partial charge < -0.3 is 19.0 Å². The van der Waals surface area contributed by atoms with Crippen LogP contribution in [0, 0.1) is 0 Å². The van der Waals surface area contributed by atoms with Crippen LogP contribution in [0.3, 0.4) is 0 Å². The quantitative estimate of drug-likeness (QED) is 0.221. The van der Waals surface area contributed by atoms with Gasteiger partial charge in [0, 0.05) is 27.7 Å². The van der Waals surface area contributed by atoms with Gasteiger partial charge in [-0.15, -0.1) is 5.10 Å². The summed E-state index contributed by atoms with van der Waals surface area (Å²) in [5, 5.41) is 16.9. The van der Waals surface area contributed by atoms with Crippen LogP contribution >= 0.6 is 27.7 Å². The molecule has 4 rings (SSSR count). The Morgan fingerprint density at radius 1 is 1.09 bits per heavy atom. The highest BCUT2D eigenvalue weighted by Crippen LogP contribution is 2.32. The molecule has 0 amide bonds. The van der Waals surface area contributed by atoms with Crippen LogP contribution in [-0.4, -0.2) is 40.5 Å². The third kappa shape index (κ3) is 5.47. The Labute approximate surface area is 201 Å². The fourth-order valence-electron chi connectivity index (χ4n) is 2.96. The molecule has 0 atom stereocenters. The lowest BCUT2D eigenvalue weighted by Gasteiger charge is -2.06. The van der Waals surface area contributed by atoms with Crippen LogP contribution < -0.4 is 9.47 Å². The zero-order valence-corrected chi connectivity index (χ0v) is 19.9. The Kier molecular flexibility index (Phi) is 6.85. The number of aromatic nitrogens is 3. The number of nitrogens with one attached hydrogen (secondary N) is 1. The number of rotatable bonds is 8. The molecule has 0 bridgehead atoms. The summed E-state index contributed by atoms with van der Waals surface area (Å²) < 4.78 is 17.3. The van der Waals surface area contributed by atoms with E-state index in [1.165, 1.54) is 6.08 Å². The number of nitrogens with zero attached hydrogens (tertiary/aromatic N) is 2. The number of carboxylic acid groups (broad SMARTS) is 1. The van der Waals surface area contributed by atoms with Gasteiger partial charge >= 0.3 is 5.97 Å². The zero-order chi connectivity index (χ0) is 23.4. The molecule has 2 heterocycles. The van der Waals surface area contributed by atoms with Crippen molar-refractivity contribution in [1.82, 2.24) is 15.2 Å². The molecule has 10 heteroatoms. The van der Waals surface area contributed by atoms with Crippen molar-refractivity contribution in [3.05, 3.63) is 69.7 Å². The van der Waals surface area contributed by atoms with Gasteiger partial charge in [0.1, 0.15) is 27.9 Å². The van der Waals surface area contributed by atoms with Crippen LogP contribution in [0.25, 0.3) is 28.8 Å². The normalized spacial score (nSPS) is 11.4. The molecule has 2 N–H and O–H groups in total. The van der Waals surface area contributed by atoms with E-state index in [1.807, 2.05) is 24.3 Å². The predicted octanol–water partition coefficient (Wildman–Crippen LogP) is 5.73. The fraction of sp³-hybridized carbons (Fsp3) is 0.0870. The van der Waals surface area contributed by atoms with E-state index in [0.29, 0.717) is 34.4 Å². The lowest BCUT2D eigenvalue weighted by molar-refractivity contribution is -0.131. The largest absolute Gasteiger partial charge is 0.497 e. The predicted molar refractivity (Wildman–Crippen MR) is 128 cm³/mol. The summed E-state index contributed by atoms with van der Waals surface area (Å²) in [6, 6.07) is 16.4. The highest BCUT2D eigenvalue weighted by molar-refractivity contribution is 9.10. The van der Waals surface area contributed by atoms with Crippen molar-refractivity contribution >= 4 is 39.7 Å². The van der Waals surface area contributed by atoms with Gasteiger partial charge in [0.15, 0.2) is 5.82 Å². The first kappa shape index (κ1) is 22.7. The number of carbonyl (C=O) groups is 1. The number of aliphatic carboxylic acids is 1. The van der Waals surface area contributed by atoms with Crippen LogP contribution in [-0.2, 0) is 4.79 Å². The molecule has 0 aliphatic carbocycles. The van der Waals surface area contributed by atoms with Gasteiger partial charge in [0.2, 0.25) is 5.16 Å². The van der Waals surface area contributed by atoms with Crippen LogP contribution in [0.4, 0.5) is 0 Å². The summed E-state index contributed by atoms with van der Waals surface area (Å²) in [6.07, 6.45) is 1.44. The number of aromatic amines is 1.